The number of nitrogens with zero attached hydrogens (tertiary/aromatic N) is 1. The predicted octanol–water partition coefficient (Wildman–Crippen LogP) is 8.30. The fourth-order valence-corrected chi connectivity index (χ4v) is 7.09. The van der Waals surface area contributed by atoms with Gasteiger partial charge < -0.3 is 10.2 Å². The SMILES string of the molecule is CC(C)(O)c1ccccc1CC[C@@H](SCC1(CC(=O)O)CC1)c1cccc(/C=C/c2ccc3ccc(Cl)cc3n2)c1.[KH]. The van der Waals surface area contributed by atoms with E-state index in [0.29, 0.717) is 5.02 Å². The number of pyridine rings is 1. The molecule has 1 aliphatic rings. The molecule has 0 unspecified atom stereocenters. The summed E-state index contributed by atoms with van der Waals surface area (Å²) in [6, 6.07) is 26.5. The second-order valence-electron chi connectivity index (χ2n) is 11.7. The third-order valence-corrected chi connectivity index (χ3v) is 9.76. The molecule has 3 aromatic carbocycles. The number of halogens is 1. The van der Waals surface area contributed by atoms with Gasteiger partial charge in [-0.15, -0.1) is 0 Å². The van der Waals surface area contributed by atoms with Crippen LogP contribution >= 0.6 is 23.4 Å². The second kappa shape index (κ2) is 14.5. The maximum atomic E-state index is 11.5. The average molecular weight is 626 g/mol. The van der Waals surface area contributed by atoms with E-state index in [0.717, 1.165) is 64.7 Å². The van der Waals surface area contributed by atoms with Crippen LogP contribution in [-0.2, 0) is 16.8 Å². The molecule has 2 N–H and O–H groups in total. The van der Waals surface area contributed by atoms with Gasteiger partial charge in [0.15, 0.2) is 0 Å². The molecule has 4 aromatic rings. The number of aryl methyl sites for hydroxylation is 1. The molecule has 7 heteroatoms. The number of aliphatic carboxylic acids is 1. The number of benzene rings is 3. The van der Waals surface area contributed by atoms with Crippen molar-refractivity contribution in [1.29, 1.82) is 0 Å². The van der Waals surface area contributed by atoms with Gasteiger partial charge in [0, 0.05) is 21.4 Å². The molecule has 0 saturated heterocycles. The molecule has 1 heterocycles. The van der Waals surface area contributed by atoms with Gasteiger partial charge in [0.05, 0.1) is 23.2 Å². The Kier molecular flexibility index (Phi) is 11.6. The number of carboxylic acids is 1. The summed E-state index contributed by atoms with van der Waals surface area (Å²) >= 11 is 8.04. The second-order valence-corrected chi connectivity index (χ2v) is 13.3. The summed E-state index contributed by atoms with van der Waals surface area (Å²) in [5, 5.41) is 22.1. The number of rotatable bonds is 12. The van der Waals surface area contributed by atoms with Crippen molar-refractivity contribution in [3.05, 3.63) is 112 Å². The summed E-state index contributed by atoms with van der Waals surface area (Å²) in [6.07, 6.45) is 8.02. The number of aliphatic hydroxyl groups is 1. The van der Waals surface area contributed by atoms with Crippen molar-refractivity contribution in [2.75, 3.05) is 5.75 Å². The fourth-order valence-electron chi connectivity index (χ4n) is 5.36. The number of thioether (sulfide) groups is 1. The summed E-state index contributed by atoms with van der Waals surface area (Å²) in [7, 11) is 0. The predicted molar refractivity (Wildman–Crippen MR) is 178 cm³/mol. The number of hydrogen-bond acceptors (Lipinski definition) is 4. The number of hydrogen-bond donors (Lipinski definition) is 2. The van der Waals surface area contributed by atoms with Crippen LogP contribution in [0.2, 0.25) is 5.02 Å². The van der Waals surface area contributed by atoms with Gasteiger partial charge in [0.1, 0.15) is 0 Å². The third kappa shape index (κ3) is 9.02. The molecule has 0 spiro atoms. The van der Waals surface area contributed by atoms with E-state index < -0.39 is 11.6 Å². The number of fused-ring (bicyclic) bond motifs is 1. The van der Waals surface area contributed by atoms with Crippen LogP contribution < -0.4 is 0 Å². The number of carbonyl (C=O) groups is 1. The number of carboxylic acid groups (broad SMARTS) is 1. The minimum atomic E-state index is -0.911. The Balaban J connectivity index is 0.00000405. The van der Waals surface area contributed by atoms with Crippen LogP contribution in [-0.4, -0.2) is 78.3 Å². The topological polar surface area (TPSA) is 70.4 Å². The van der Waals surface area contributed by atoms with Crippen LogP contribution in [0.5, 0.6) is 0 Å². The molecular formula is C35H37ClKNO3S. The van der Waals surface area contributed by atoms with E-state index >= 15 is 0 Å². The Bertz CT molecular complexity index is 1580. The molecule has 0 aliphatic heterocycles. The molecule has 1 atom stereocenters. The van der Waals surface area contributed by atoms with Crippen LogP contribution in [0.4, 0.5) is 0 Å². The standard InChI is InChI=1S/C35H36ClNO3S.K.H/c1-34(2,40)30-9-4-3-7-25(30)13-17-32(41-23-35(18-19-35)22-33(38)39)27-8-5-6-24(20-27)10-15-29-16-12-26-11-14-28(36)21-31(26)37-29;;/h3-12,14-16,20-21,32,40H,13,17-19,22-23H2,1-2H3,(H,38,39);;/b15-10+;;/t32-;;/m1../s1. The average Bonchev–Trinajstić information content (AvgIpc) is 3.70. The van der Waals surface area contributed by atoms with Crippen LogP contribution in [0, 0.1) is 5.41 Å². The first-order chi connectivity index (χ1) is 19.6. The van der Waals surface area contributed by atoms with Crippen LogP contribution in [0.25, 0.3) is 23.1 Å². The van der Waals surface area contributed by atoms with Gasteiger partial charge in [0.25, 0.3) is 0 Å². The summed E-state index contributed by atoms with van der Waals surface area (Å²) in [5.74, 6) is 0.122. The molecule has 214 valence electrons. The van der Waals surface area contributed by atoms with Crippen LogP contribution in [0.15, 0.2) is 78.9 Å². The Hall–Kier alpha value is -1.48. The van der Waals surface area contributed by atoms with E-state index in [9.17, 15) is 15.0 Å². The van der Waals surface area contributed by atoms with Gasteiger partial charge in [-0.05, 0) is 91.5 Å². The van der Waals surface area contributed by atoms with Gasteiger partial charge in [-0.3, -0.25) is 4.79 Å². The molecule has 1 aromatic heterocycles. The van der Waals surface area contributed by atoms with Gasteiger partial charge in [0.2, 0.25) is 0 Å². The summed E-state index contributed by atoms with van der Waals surface area (Å²) in [4.78, 5) is 16.2. The van der Waals surface area contributed by atoms with Gasteiger partial charge in [-0.2, -0.15) is 11.8 Å². The van der Waals surface area contributed by atoms with Crippen molar-refractivity contribution in [2.45, 2.75) is 56.8 Å². The minimum absolute atomic E-state index is 0. The molecule has 42 heavy (non-hydrogen) atoms. The zero-order chi connectivity index (χ0) is 29.0. The Morgan fingerprint density at radius 1 is 1.05 bits per heavy atom. The van der Waals surface area contributed by atoms with E-state index in [-0.39, 0.29) is 68.5 Å². The summed E-state index contributed by atoms with van der Waals surface area (Å²) < 4.78 is 0. The zero-order valence-electron chi connectivity index (χ0n) is 23.5. The van der Waals surface area contributed by atoms with Gasteiger partial charge in [-0.25, -0.2) is 4.98 Å². The molecular weight excluding hydrogens is 589 g/mol. The van der Waals surface area contributed by atoms with Crippen LogP contribution in [0.1, 0.15) is 72.7 Å². The monoisotopic (exact) mass is 625 g/mol. The van der Waals surface area contributed by atoms with Gasteiger partial charge in [-0.1, -0.05) is 78.3 Å². The molecule has 1 saturated carbocycles. The van der Waals surface area contributed by atoms with E-state index in [1.165, 1.54) is 5.56 Å². The normalized spacial score (nSPS) is 15.0. The fraction of sp³-hybridized carbons (Fsp3) is 0.314. The van der Waals surface area contributed by atoms with Crippen molar-refractivity contribution in [2.24, 2.45) is 5.41 Å². The number of aromatic nitrogens is 1. The van der Waals surface area contributed by atoms with Crippen molar-refractivity contribution >= 4 is 104 Å². The molecule has 5 rings (SSSR count). The van der Waals surface area contributed by atoms with E-state index in [1.807, 2.05) is 74.1 Å². The Labute approximate surface area is 300 Å². The Morgan fingerprint density at radius 2 is 1.81 bits per heavy atom. The van der Waals surface area contributed by atoms with E-state index in [1.54, 1.807) is 0 Å². The molecule has 4 nitrogen and oxygen atoms in total. The molecule has 1 aliphatic carbocycles. The zero-order valence-corrected chi connectivity index (χ0v) is 25.1. The summed E-state index contributed by atoms with van der Waals surface area (Å²) in [5.41, 5.74) is 5.15. The van der Waals surface area contributed by atoms with Crippen LogP contribution in [0.3, 0.4) is 0 Å². The first-order valence-electron chi connectivity index (χ1n) is 14.1. The quantitative estimate of drug-likeness (QED) is 0.155. The van der Waals surface area contributed by atoms with Crippen molar-refractivity contribution in [3.63, 3.8) is 0 Å². The summed E-state index contributed by atoms with van der Waals surface area (Å²) in [6.45, 7) is 3.66. The molecule has 1 fully saturated rings. The van der Waals surface area contributed by atoms with Crippen molar-refractivity contribution < 1.29 is 15.0 Å². The first-order valence-corrected chi connectivity index (χ1v) is 15.5. The maximum absolute atomic E-state index is 11.5. The molecule has 0 amide bonds. The third-order valence-electron chi connectivity index (χ3n) is 7.83. The Morgan fingerprint density at radius 3 is 2.55 bits per heavy atom. The van der Waals surface area contributed by atoms with E-state index in [2.05, 4.69) is 42.5 Å². The first kappa shape index (κ1) is 33.4. The van der Waals surface area contributed by atoms with Gasteiger partial charge >= 0.3 is 57.4 Å². The molecule has 0 radical (unpaired) electrons. The van der Waals surface area contributed by atoms with Crippen molar-refractivity contribution in [1.82, 2.24) is 4.98 Å². The molecule has 0 bridgehead atoms. The van der Waals surface area contributed by atoms with E-state index in [4.69, 9.17) is 16.6 Å². The van der Waals surface area contributed by atoms with Crippen molar-refractivity contribution in [3.8, 4) is 0 Å².